The molecule has 0 radical (unpaired) electrons. The summed E-state index contributed by atoms with van der Waals surface area (Å²) >= 11 is 2.95. The molecule has 0 aliphatic carbocycles. The maximum Gasteiger partial charge on any atom is 0.350 e. The summed E-state index contributed by atoms with van der Waals surface area (Å²) in [5.74, 6) is -0.703. The highest BCUT2D eigenvalue weighted by atomic mass is 32.1. The fourth-order valence-electron chi connectivity index (χ4n) is 1.86. The standard InChI is InChI=1S/C13H12FNO2S.C4H5NS/c1-3-17-13(16)12-11(15-8(2)18-12)9-4-6-10(14)7-5-9;1-4-5-2-3-6-4/h4-7H,3H2,1-2H3;2-3H,1H3. The number of halogens is 1. The van der Waals surface area contributed by atoms with Crippen LogP contribution < -0.4 is 0 Å². The third kappa shape index (κ3) is 4.94. The molecule has 0 bridgehead atoms. The Bertz CT molecular complexity index is 784. The number of ether oxygens (including phenoxy) is 1. The fourth-order valence-corrected chi connectivity index (χ4v) is 3.14. The number of thiazole rings is 2. The van der Waals surface area contributed by atoms with E-state index in [1.807, 2.05) is 19.2 Å². The molecule has 0 saturated carbocycles. The van der Waals surface area contributed by atoms with Crippen molar-refractivity contribution in [3.63, 3.8) is 0 Å². The molecule has 0 unspecified atom stereocenters. The van der Waals surface area contributed by atoms with Gasteiger partial charge in [-0.2, -0.15) is 0 Å². The van der Waals surface area contributed by atoms with Crippen molar-refractivity contribution in [2.45, 2.75) is 20.8 Å². The molecule has 24 heavy (non-hydrogen) atoms. The lowest BCUT2D eigenvalue weighted by atomic mass is 10.1. The normalized spacial score (nSPS) is 10.0. The van der Waals surface area contributed by atoms with Crippen LogP contribution in [0.2, 0.25) is 0 Å². The summed E-state index contributed by atoms with van der Waals surface area (Å²) in [6, 6.07) is 5.90. The molecule has 126 valence electrons. The third-order valence-corrected chi connectivity index (χ3v) is 4.52. The summed E-state index contributed by atoms with van der Waals surface area (Å²) in [5.41, 5.74) is 1.26. The van der Waals surface area contributed by atoms with E-state index < -0.39 is 0 Å². The van der Waals surface area contributed by atoms with E-state index in [0.717, 1.165) is 10.0 Å². The Morgan fingerprint density at radius 1 is 1.21 bits per heavy atom. The highest BCUT2D eigenvalue weighted by Gasteiger charge is 2.19. The zero-order valence-electron chi connectivity index (χ0n) is 13.6. The lowest BCUT2D eigenvalue weighted by Gasteiger charge is -2.02. The number of nitrogens with zero attached hydrogens (tertiary/aromatic N) is 2. The number of aryl methyl sites for hydroxylation is 2. The lowest BCUT2D eigenvalue weighted by Crippen LogP contribution is -2.03. The van der Waals surface area contributed by atoms with Crippen LogP contribution in [0.15, 0.2) is 35.8 Å². The Morgan fingerprint density at radius 3 is 2.42 bits per heavy atom. The summed E-state index contributed by atoms with van der Waals surface area (Å²) in [6.45, 7) is 5.88. The van der Waals surface area contributed by atoms with E-state index in [1.54, 1.807) is 36.6 Å². The highest BCUT2D eigenvalue weighted by molar-refractivity contribution is 7.14. The average Bonchev–Trinajstić information content (AvgIpc) is 3.18. The van der Waals surface area contributed by atoms with E-state index in [9.17, 15) is 9.18 Å². The monoisotopic (exact) mass is 364 g/mol. The van der Waals surface area contributed by atoms with E-state index in [1.165, 1.54) is 23.5 Å². The van der Waals surface area contributed by atoms with E-state index in [4.69, 9.17) is 4.74 Å². The first-order chi connectivity index (χ1) is 11.5. The first-order valence-corrected chi connectivity index (χ1v) is 8.97. The van der Waals surface area contributed by atoms with Gasteiger partial charge in [0.25, 0.3) is 0 Å². The number of hydrogen-bond acceptors (Lipinski definition) is 6. The number of aromatic nitrogens is 2. The molecule has 0 atom stereocenters. The molecule has 3 aromatic rings. The molecular weight excluding hydrogens is 347 g/mol. The number of benzene rings is 1. The average molecular weight is 364 g/mol. The third-order valence-electron chi connectivity index (χ3n) is 2.87. The molecule has 4 nitrogen and oxygen atoms in total. The van der Waals surface area contributed by atoms with Crippen LogP contribution in [-0.4, -0.2) is 22.5 Å². The quantitative estimate of drug-likeness (QED) is 0.621. The van der Waals surface area contributed by atoms with Gasteiger partial charge in [-0.15, -0.1) is 22.7 Å². The number of carbonyl (C=O) groups excluding carboxylic acids is 1. The summed E-state index contributed by atoms with van der Waals surface area (Å²) in [6.07, 6.45) is 1.81. The van der Waals surface area contributed by atoms with Crippen LogP contribution in [-0.2, 0) is 4.74 Å². The molecule has 0 amide bonds. The van der Waals surface area contributed by atoms with Gasteiger partial charge in [0, 0.05) is 17.1 Å². The van der Waals surface area contributed by atoms with E-state index >= 15 is 0 Å². The minimum Gasteiger partial charge on any atom is -0.462 e. The molecule has 1 aromatic carbocycles. The lowest BCUT2D eigenvalue weighted by molar-refractivity contribution is 0.0532. The van der Waals surface area contributed by atoms with Crippen molar-refractivity contribution in [2.24, 2.45) is 0 Å². The first kappa shape index (κ1) is 18.2. The molecule has 7 heteroatoms. The smallest absolute Gasteiger partial charge is 0.350 e. The van der Waals surface area contributed by atoms with Gasteiger partial charge in [0.2, 0.25) is 0 Å². The van der Waals surface area contributed by atoms with Crippen molar-refractivity contribution in [3.8, 4) is 11.3 Å². The van der Waals surface area contributed by atoms with Gasteiger partial charge in [0.15, 0.2) is 0 Å². The van der Waals surface area contributed by atoms with Gasteiger partial charge >= 0.3 is 5.97 Å². The molecule has 0 aliphatic heterocycles. The first-order valence-electron chi connectivity index (χ1n) is 7.27. The summed E-state index contributed by atoms with van der Waals surface area (Å²) < 4.78 is 17.9. The van der Waals surface area contributed by atoms with E-state index in [0.29, 0.717) is 22.7 Å². The van der Waals surface area contributed by atoms with E-state index in [-0.39, 0.29) is 11.8 Å². The van der Waals surface area contributed by atoms with Crippen LogP contribution in [0.25, 0.3) is 11.3 Å². The highest BCUT2D eigenvalue weighted by Crippen LogP contribution is 2.28. The van der Waals surface area contributed by atoms with Gasteiger partial charge in [-0.05, 0) is 45.0 Å². The van der Waals surface area contributed by atoms with Gasteiger partial charge in [0.05, 0.1) is 22.3 Å². The maximum atomic E-state index is 12.9. The molecule has 0 spiro atoms. The number of esters is 1. The summed E-state index contributed by atoms with van der Waals surface area (Å²) in [4.78, 5) is 20.5. The minimum absolute atomic E-state index is 0.316. The van der Waals surface area contributed by atoms with Crippen LogP contribution in [0, 0.1) is 19.7 Å². The van der Waals surface area contributed by atoms with Gasteiger partial charge in [-0.3, -0.25) is 4.98 Å². The second-order valence-electron chi connectivity index (χ2n) is 4.69. The Kier molecular flexibility index (Phi) is 6.57. The van der Waals surface area contributed by atoms with Crippen molar-refractivity contribution < 1.29 is 13.9 Å². The predicted octanol–water partition coefficient (Wildman–Crippen LogP) is 4.89. The van der Waals surface area contributed by atoms with Crippen molar-refractivity contribution >= 4 is 28.6 Å². The van der Waals surface area contributed by atoms with Gasteiger partial charge in [-0.1, -0.05) is 0 Å². The number of carbonyl (C=O) groups is 1. The summed E-state index contributed by atoms with van der Waals surface area (Å²) in [7, 11) is 0. The van der Waals surface area contributed by atoms with Gasteiger partial charge in [-0.25, -0.2) is 14.2 Å². The molecule has 3 rings (SSSR count). The predicted molar refractivity (Wildman–Crippen MR) is 95.1 cm³/mol. The molecule has 2 aromatic heterocycles. The molecule has 0 N–H and O–H groups in total. The van der Waals surface area contributed by atoms with Crippen LogP contribution >= 0.6 is 22.7 Å². The van der Waals surface area contributed by atoms with Crippen LogP contribution in [0.3, 0.4) is 0 Å². The second-order valence-corrected chi connectivity index (χ2v) is 6.99. The second kappa shape index (κ2) is 8.65. The number of rotatable bonds is 3. The van der Waals surface area contributed by atoms with Crippen molar-refractivity contribution in [3.05, 3.63) is 56.6 Å². The summed E-state index contributed by atoms with van der Waals surface area (Å²) in [5, 5.41) is 3.88. The van der Waals surface area contributed by atoms with Crippen molar-refractivity contribution in [1.29, 1.82) is 0 Å². The Balaban J connectivity index is 0.000000292. The zero-order valence-corrected chi connectivity index (χ0v) is 15.2. The van der Waals surface area contributed by atoms with Crippen molar-refractivity contribution in [2.75, 3.05) is 6.61 Å². The molecule has 2 heterocycles. The molecule has 0 saturated heterocycles. The largest absolute Gasteiger partial charge is 0.462 e. The number of hydrogen-bond donors (Lipinski definition) is 0. The van der Waals surface area contributed by atoms with Crippen LogP contribution in [0.1, 0.15) is 26.6 Å². The van der Waals surface area contributed by atoms with Gasteiger partial charge < -0.3 is 4.74 Å². The maximum absolute atomic E-state index is 12.9. The molecular formula is C17H17FN2O2S2. The van der Waals surface area contributed by atoms with Gasteiger partial charge in [0.1, 0.15) is 10.7 Å². The minimum atomic E-state index is -0.387. The Morgan fingerprint density at radius 2 is 1.92 bits per heavy atom. The molecule has 0 aliphatic rings. The SMILES string of the molecule is CCOC(=O)c1sc(C)nc1-c1ccc(F)cc1.Cc1nccs1. The van der Waals surface area contributed by atoms with Crippen LogP contribution in [0.5, 0.6) is 0 Å². The van der Waals surface area contributed by atoms with E-state index in [2.05, 4.69) is 9.97 Å². The Labute approximate surface area is 148 Å². The van der Waals surface area contributed by atoms with Crippen LogP contribution in [0.4, 0.5) is 4.39 Å². The topological polar surface area (TPSA) is 52.1 Å². The fraction of sp³-hybridized carbons (Fsp3) is 0.235. The Hall–Kier alpha value is -2.12. The van der Waals surface area contributed by atoms with Crippen molar-refractivity contribution in [1.82, 2.24) is 9.97 Å². The molecule has 0 fully saturated rings. The zero-order chi connectivity index (χ0) is 17.5.